The van der Waals surface area contributed by atoms with Gasteiger partial charge < -0.3 is 0 Å². The molecule has 1 heterocycles. The second-order valence-electron chi connectivity index (χ2n) is 7.11. The zero-order chi connectivity index (χ0) is 15.6. The van der Waals surface area contributed by atoms with Crippen LogP contribution in [0, 0.1) is 0 Å². The Balaban J connectivity index is 1.92. The van der Waals surface area contributed by atoms with E-state index in [2.05, 4.69) is 85.9 Å². The molecule has 1 heteroatoms. The molecule has 0 bridgehead atoms. The first-order valence-electron chi connectivity index (χ1n) is 8.21. The van der Waals surface area contributed by atoms with Crippen molar-refractivity contribution in [3.05, 3.63) is 72.8 Å². The van der Waals surface area contributed by atoms with E-state index >= 15 is 0 Å². The standard InChI is InChI=1S/C22H18Si/c1-23(2)21-13-17-9-5-3-7-15(17)11-19(21)20-12-16-8-4-6-10-18(16)14-22(20)23/h3-14H,1-2H3. The van der Waals surface area contributed by atoms with Crippen LogP contribution in [-0.2, 0) is 0 Å². The molecule has 4 aromatic carbocycles. The van der Waals surface area contributed by atoms with Gasteiger partial charge in [0.05, 0.1) is 0 Å². The highest BCUT2D eigenvalue weighted by atomic mass is 28.3. The van der Waals surface area contributed by atoms with Gasteiger partial charge in [-0.2, -0.15) is 0 Å². The van der Waals surface area contributed by atoms with Crippen molar-refractivity contribution in [2.24, 2.45) is 0 Å². The van der Waals surface area contributed by atoms with Gasteiger partial charge in [0.25, 0.3) is 0 Å². The normalized spacial score (nSPS) is 14.9. The number of benzene rings is 4. The van der Waals surface area contributed by atoms with Crippen LogP contribution < -0.4 is 10.4 Å². The van der Waals surface area contributed by atoms with Crippen molar-refractivity contribution in [3.8, 4) is 11.1 Å². The van der Waals surface area contributed by atoms with Gasteiger partial charge in [0.15, 0.2) is 0 Å². The predicted molar refractivity (Wildman–Crippen MR) is 104 cm³/mol. The monoisotopic (exact) mass is 310 g/mol. The molecular weight excluding hydrogens is 292 g/mol. The van der Waals surface area contributed by atoms with Crippen molar-refractivity contribution in [2.75, 3.05) is 0 Å². The summed E-state index contributed by atoms with van der Waals surface area (Å²) in [6.45, 7) is 4.97. The molecule has 0 saturated heterocycles. The summed E-state index contributed by atoms with van der Waals surface area (Å²) in [7, 11) is -1.62. The summed E-state index contributed by atoms with van der Waals surface area (Å²) < 4.78 is 0. The molecule has 0 atom stereocenters. The third kappa shape index (κ3) is 1.71. The molecule has 0 N–H and O–H groups in total. The Bertz CT molecular complexity index is 1000. The number of hydrogen-bond donors (Lipinski definition) is 0. The molecule has 1 aliphatic rings. The van der Waals surface area contributed by atoms with Crippen molar-refractivity contribution in [1.82, 2.24) is 0 Å². The highest BCUT2D eigenvalue weighted by Gasteiger charge is 2.37. The molecule has 0 radical (unpaired) electrons. The van der Waals surface area contributed by atoms with Gasteiger partial charge >= 0.3 is 0 Å². The van der Waals surface area contributed by atoms with Crippen LogP contribution in [0.5, 0.6) is 0 Å². The van der Waals surface area contributed by atoms with E-state index in [4.69, 9.17) is 0 Å². The van der Waals surface area contributed by atoms with Gasteiger partial charge in [0, 0.05) is 0 Å². The van der Waals surface area contributed by atoms with Crippen LogP contribution >= 0.6 is 0 Å². The molecule has 0 saturated carbocycles. The Kier molecular flexibility index (Phi) is 2.47. The average molecular weight is 310 g/mol. The zero-order valence-electron chi connectivity index (χ0n) is 13.4. The fourth-order valence-electron chi connectivity index (χ4n) is 4.11. The van der Waals surface area contributed by atoms with Crippen LogP contribution in [0.15, 0.2) is 72.8 Å². The maximum Gasteiger partial charge on any atom is 0.113 e. The van der Waals surface area contributed by atoms with E-state index in [1.165, 1.54) is 32.7 Å². The van der Waals surface area contributed by atoms with Crippen LogP contribution in [0.2, 0.25) is 13.1 Å². The third-order valence-corrected chi connectivity index (χ3v) is 8.93. The Hall–Kier alpha value is -2.38. The minimum absolute atomic E-state index is 1.34. The van der Waals surface area contributed by atoms with Gasteiger partial charge in [-0.05, 0) is 55.2 Å². The predicted octanol–water partition coefficient (Wildman–Crippen LogP) is 4.80. The van der Waals surface area contributed by atoms with E-state index in [1.807, 2.05) is 0 Å². The summed E-state index contributed by atoms with van der Waals surface area (Å²) in [4.78, 5) is 0. The molecule has 0 amide bonds. The molecule has 23 heavy (non-hydrogen) atoms. The lowest BCUT2D eigenvalue weighted by atomic mass is 9.99. The summed E-state index contributed by atoms with van der Waals surface area (Å²) in [5.41, 5.74) is 2.92. The molecule has 5 rings (SSSR count). The van der Waals surface area contributed by atoms with Crippen LogP contribution in [0.4, 0.5) is 0 Å². The van der Waals surface area contributed by atoms with Crippen LogP contribution in [-0.4, -0.2) is 8.07 Å². The highest BCUT2D eigenvalue weighted by molar-refractivity contribution is 7.04. The van der Waals surface area contributed by atoms with Crippen LogP contribution in [0.25, 0.3) is 32.7 Å². The lowest BCUT2D eigenvalue weighted by molar-refractivity contribution is 1.74. The number of rotatable bonds is 0. The maximum absolute atomic E-state index is 2.49. The zero-order valence-corrected chi connectivity index (χ0v) is 14.4. The van der Waals surface area contributed by atoms with E-state index in [0.29, 0.717) is 0 Å². The van der Waals surface area contributed by atoms with Crippen molar-refractivity contribution < 1.29 is 0 Å². The van der Waals surface area contributed by atoms with Gasteiger partial charge in [-0.3, -0.25) is 0 Å². The van der Waals surface area contributed by atoms with E-state index in [9.17, 15) is 0 Å². The molecule has 0 unspecified atom stereocenters. The number of fused-ring (bicyclic) bond motifs is 5. The SMILES string of the molecule is C[Si]1(C)c2cc3ccccc3cc2-c2cc3ccccc3cc21. The molecule has 1 aliphatic heterocycles. The molecule has 0 aliphatic carbocycles. The summed E-state index contributed by atoms with van der Waals surface area (Å²) in [5, 5.41) is 8.59. The first-order chi connectivity index (χ1) is 11.1. The van der Waals surface area contributed by atoms with Gasteiger partial charge in [-0.25, -0.2) is 0 Å². The van der Waals surface area contributed by atoms with Gasteiger partial charge in [-0.15, -0.1) is 0 Å². The molecule has 4 aromatic rings. The average Bonchev–Trinajstić information content (AvgIpc) is 2.79. The van der Waals surface area contributed by atoms with Crippen molar-refractivity contribution in [1.29, 1.82) is 0 Å². The fourth-order valence-corrected chi connectivity index (χ4v) is 7.19. The molecule has 0 spiro atoms. The first-order valence-corrected chi connectivity index (χ1v) is 11.2. The Labute approximate surface area is 137 Å². The molecule has 0 aromatic heterocycles. The molecule has 0 fully saturated rings. The quantitative estimate of drug-likeness (QED) is 0.409. The van der Waals surface area contributed by atoms with Gasteiger partial charge in [-0.1, -0.05) is 73.8 Å². The largest absolute Gasteiger partial charge is 0.113 e. The Morgan fingerprint density at radius 3 is 1.26 bits per heavy atom. The summed E-state index contributed by atoms with van der Waals surface area (Å²) >= 11 is 0. The minimum atomic E-state index is -1.62. The molecule has 110 valence electrons. The van der Waals surface area contributed by atoms with E-state index in [-0.39, 0.29) is 0 Å². The van der Waals surface area contributed by atoms with Crippen molar-refractivity contribution >= 4 is 40.0 Å². The lowest BCUT2D eigenvalue weighted by Crippen LogP contribution is -2.49. The van der Waals surface area contributed by atoms with Gasteiger partial charge in [0.2, 0.25) is 0 Å². The summed E-state index contributed by atoms with van der Waals surface area (Å²) in [5.74, 6) is 0. The van der Waals surface area contributed by atoms with E-state index < -0.39 is 8.07 Å². The topological polar surface area (TPSA) is 0 Å². The van der Waals surface area contributed by atoms with Crippen molar-refractivity contribution in [2.45, 2.75) is 13.1 Å². The Morgan fingerprint density at radius 2 is 0.870 bits per heavy atom. The Morgan fingerprint density at radius 1 is 0.522 bits per heavy atom. The second kappa shape index (κ2) is 4.33. The second-order valence-corrected chi connectivity index (χ2v) is 11.4. The highest BCUT2D eigenvalue weighted by Crippen LogP contribution is 2.33. The summed E-state index contributed by atoms with van der Waals surface area (Å²) in [6.07, 6.45) is 0. The molecular formula is C22H18Si. The van der Waals surface area contributed by atoms with E-state index in [0.717, 1.165) is 0 Å². The minimum Gasteiger partial charge on any atom is -0.0616 e. The maximum atomic E-state index is 2.49. The fraction of sp³-hybridized carbons (Fsp3) is 0.0909. The van der Waals surface area contributed by atoms with E-state index in [1.54, 1.807) is 10.4 Å². The van der Waals surface area contributed by atoms with Crippen LogP contribution in [0.1, 0.15) is 0 Å². The lowest BCUT2D eigenvalue weighted by Gasteiger charge is -2.19. The van der Waals surface area contributed by atoms with Crippen molar-refractivity contribution in [3.63, 3.8) is 0 Å². The summed E-state index contributed by atoms with van der Waals surface area (Å²) in [6, 6.07) is 27.2. The first kappa shape index (κ1) is 13.1. The van der Waals surface area contributed by atoms with Crippen LogP contribution in [0.3, 0.4) is 0 Å². The van der Waals surface area contributed by atoms with Gasteiger partial charge in [0.1, 0.15) is 8.07 Å². The number of hydrogen-bond acceptors (Lipinski definition) is 0. The smallest absolute Gasteiger partial charge is 0.0616 e. The third-order valence-electron chi connectivity index (χ3n) is 5.41. The molecule has 0 nitrogen and oxygen atoms in total.